The normalized spacial score (nSPS) is 9.00. The van der Waals surface area contributed by atoms with Crippen LogP contribution in [0.25, 0.3) is 0 Å². The quantitative estimate of drug-likeness (QED) is 0.551. The predicted molar refractivity (Wildman–Crippen MR) is 34.5 cm³/mol. The molecule has 2 nitrogen and oxygen atoms in total. The van der Waals surface area contributed by atoms with Crippen LogP contribution in [0.5, 0.6) is 0 Å². The number of esters is 1. The summed E-state index contributed by atoms with van der Waals surface area (Å²) in [5.41, 5.74) is 0. The number of rotatable bonds is 1. The SMILES string of the molecule is COC(=O)c1[c]ccs1. The first kappa shape index (κ1) is 6.29. The number of ether oxygens (including phenoxy) is 1. The number of hydrogen-bond acceptors (Lipinski definition) is 3. The fraction of sp³-hybridized carbons (Fsp3) is 0.167. The van der Waals surface area contributed by atoms with Gasteiger partial charge in [0.15, 0.2) is 0 Å². The lowest BCUT2D eigenvalue weighted by Gasteiger charge is -1.89. The van der Waals surface area contributed by atoms with Gasteiger partial charge in [-0.15, -0.1) is 11.3 Å². The lowest BCUT2D eigenvalue weighted by molar-refractivity contribution is 0.0606. The van der Waals surface area contributed by atoms with E-state index in [1.165, 1.54) is 18.4 Å². The molecule has 1 aromatic heterocycles. The van der Waals surface area contributed by atoms with Crippen molar-refractivity contribution in [3.63, 3.8) is 0 Å². The third kappa shape index (κ3) is 1.29. The number of carbonyl (C=O) groups excluding carboxylic acids is 1. The summed E-state index contributed by atoms with van der Waals surface area (Å²) >= 11 is 1.33. The zero-order chi connectivity index (χ0) is 6.69. The molecule has 0 fully saturated rings. The van der Waals surface area contributed by atoms with Gasteiger partial charge in [-0.2, -0.15) is 0 Å². The van der Waals surface area contributed by atoms with E-state index < -0.39 is 0 Å². The molecule has 3 heteroatoms. The highest BCUT2D eigenvalue weighted by Crippen LogP contribution is 2.07. The topological polar surface area (TPSA) is 26.3 Å². The van der Waals surface area contributed by atoms with E-state index in [2.05, 4.69) is 10.8 Å². The van der Waals surface area contributed by atoms with Crippen molar-refractivity contribution in [3.8, 4) is 0 Å². The Morgan fingerprint density at radius 3 is 3.11 bits per heavy atom. The van der Waals surface area contributed by atoms with Gasteiger partial charge in [-0.25, -0.2) is 4.79 Å². The van der Waals surface area contributed by atoms with E-state index in [-0.39, 0.29) is 5.97 Å². The molecule has 0 amide bonds. The Labute approximate surface area is 57.1 Å². The van der Waals surface area contributed by atoms with Gasteiger partial charge >= 0.3 is 5.97 Å². The molecule has 1 radical (unpaired) electrons. The second-order valence-corrected chi connectivity index (χ2v) is 2.30. The average Bonchev–Trinajstić information content (AvgIpc) is 2.37. The summed E-state index contributed by atoms with van der Waals surface area (Å²) in [6.07, 6.45) is 0. The lowest BCUT2D eigenvalue weighted by Crippen LogP contribution is -1.96. The molecule has 0 N–H and O–H groups in total. The Morgan fingerprint density at radius 1 is 1.89 bits per heavy atom. The van der Waals surface area contributed by atoms with Gasteiger partial charge in [0.05, 0.1) is 7.11 Å². The van der Waals surface area contributed by atoms with E-state index in [0.717, 1.165) is 0 Å². The smallest absolute Gasteiger partial charge is 0.348 e. The third-order valence-electron chi connectivity index (χ3n) is 0.839. The van der Waals surface area contributed by atoms with Crippen molar-refractivity contribution in [3.05, 3.63) is 22.4 Å². The minimum Gasteiger partial charge on any atom is -0.465 e. The Balaban J connectivity index is 2.77. The molecule has 0 saturated heterocycles. The van der Waals surface area contributed by atoms with Gasteiger partial charge in [-0.1, -0.05) is 0 Å². The van der Waals surface area contributed by atoms with Gasteiger partial charge < -0.3 is 4.74 Å². The van der Waals surface area contributed by atoms with Crippen LogP contribution in [0, 0.1) is 6.07 Å². The highest BCUT2D eigenvalue weighted by atomic mass is 32.1. The molecule has 0 unspecified atom stereocenters. The van der Waals surface area contributed by atoms with Gasteiger partial charge in [0.2, 0.25) is 0 Å². The zero-order valence-corrected chi connectivity index (χ0v) is 5.70. The largest absolute Gasteiger partial charge is 0.465 e. The Kier molecular flexibility index (Phi) is 1.85. The van der Waals surface area contributed by atoms with Crippen molar-refractivity contribution >= 4 is 17.3 Å². The van der Waals surface area contributed by atoms with Crippen molar-refractivity contribution < 1.29 is 9.53 Å². The van der Waals surface area contributed by atoms with Gasteiger partial charge in [-0.3, -0.25) is 0 Å². The standard InChI is InChI=1S/C6H5O2S/c1-8-6(7)5-3-2-4-9-5/h2,4H,1H3. The van der Waals surface area contributed by atoms with Gasteiger partial charge in [0.25, 0.3) is 0 Å². The maximum absolute atomic E-state index is 10.6. The number of methoxy groups -OCH3 is 1. The van der Waals surface area contributed by atoms with Gasteiger partial charge in [0.1, 0.15) is 4.88 Å². The van der Waals surface area contributed by atoms with Crippen LogP contribution in [-0.2, 0) is 4.74 Å². The maximum Gasteiger partial charge on any atom is 0.348 e. The van der Waals surface area contributed by atoms with Crippen molar-refractivity contribution in [1.82, 2.24) is 0 Å². The van der Waals surface area contributed by atoms with Crippen LogP contribution in [0.4, 0.5) is 0 Å². The summed E-state index contributed by atoms with van der Waals surface area (Å²) in [5.74, 6) is -0.315. The van der Waals surface area contributed by atoms with Crippen LogP contribution >= 0.6 is 11.3 Å². The molecule has 0 spiro atoms. The molecule has 0 bridgehead atoms. The molecule has 47 valence electrons. The molecule has 0 atom stereocenters. The predicted octanol–water partition coefficient (Wildman–Crippen LogP) is 1.33. The second kappa shape index (κ2) is 2.64. The van der Waals surface area contributed by atoms with Crippen LogP contribution in [0.2, 0.25) is 0 Å². The minimum atomic E-state index is -0.315. The van der Waals surface area contributed by atoms with E-state index in [9.17, 15) is 4.79 Å². The highest BCUT2D eigenvalue weighted by molar-refractivity contribution is 7.11. The summed E-state index contributed by atoms with van der Waals surface area (Å²) in [6, 6.07) is 4.42. The summed E-state index contributed by atoms with van der Waals surface area (Å²) in [5, 5.41) is 1.78. The molecule has 1 heterocycles. The Morgan fingerprint density at radius 2 is 2.67 bits per heavy atom. The summed E-state index contributed by atoms with van der Waals surface area (Å²) < 4.78 is 4.43. The molecule has 0 aromatic carbocycles. The third-order valence-corrected chi connectivity index (χ3v) is 1.63. The van der Waals surface area contributed by atoms with Crippen molar-refractivity contribution in [2.45, 2.75) is 0 Å². The summed E-state index contributed by atoms with van der Waals surface area (Å²) in [4.78, 5) is 11.2. The number of hydrogen-bond donors (Lipinski definition) is 0. The first-order valence-electron chi connectivity index (χ1n) is 2.38. The summed E-state index contributed by atoms with van der Waals surface area (Å²) in [7, 11) is 1.36. The Bertz CT molecular complexity index is 191. The molecule has 0 aliphatic rings. The monoisotopic (exact) mass is 141 g/mol. The van der Waals surface area contributed by atoms with Gasteiger partial charge in [-0.05, 0) is 11.4 Å². The van der Waals surface area contributed by atoms with Crippen molar-refractivity contribution in [1.29, 1.82) is 0 Å². The summed E-state index contributed by atoms with van der Waals surface area (Å²) in [6.45, 7) is 0. The Hall–Kier alpha value is -0.830. The second-order valence-electron chi connectivity index (χ2n) is 1.39. The van der Waals surface area contributed by atoms with E-state index in [4.69, 9.17) is 0 Å². The maximum atomic E-state index is 10.6. The fourth-order valence-corrected chi connectivity index (χ4v) is 1.03. The first-order chi connectivity index (χ1) is 4.34. The molecule has 0 aliphatic heterocycles. The van der Waals surface area contributed by atoms with Crippen LogP contribution in [0.15, 0.2) is 11.4 Å². The van der Waals surface area contributed by atoms with E-state index in [1.807, 2.05) is 0 Å². The fourth-order valence-electron chi connectivity index (χ4n) is 0.446. The van der Waals surface area contributed by atoms with E-state index in [0.29, 0.717) is 4.88 Å². The molecule has 1 rings (SSSR count). The van der Waals surface area contributed by atoms with Crippen LogP contribution in [-0.4, -0.2) is 13.1 Å². The number of carbonyl (C=O) groups is 1. The van der Waals surface area contributed by atoms with Crippen molar-refractivity contribution in [2.75, 3.05) is 7.11 Å². The molecule has 9 heavy (non-hydrogen) atoms. The van der Waals surface area contributed by atoms with Crippen molar-refractivity contribution in [2.24, 2.45) is 0 Å². The van der Waals surface area contributed by atoms with E-state index in [1.54, 1.807) is 11.4 Å². The number of thiophene rings is 1. The lowest BCUT2D eigenvalue weighted by atomic mass is 10.5. The van der Waals surface area contributed by atoms with Crippen LogP contribution in [0.1, 0.15) is 9.67 Å². The molecule has 0 saturated carbocycles. The van der Waals surface area contributed by atoms with Gasteiger partial charge in [0, 0.05) is 6.07 Å². The van der Waals surface area contributed by atoms with Crippen LogP contribution in [0.3, 0.4) is 0 Å². The highest BCUT2D eigenvalue weighted by Gasteiger charge is 2.03. The van der Waals surface area contributed by atoms with Crippen LogP contribution < -0.4 is 0 Å². The molecule has 0 aliphatic carbocycles. The van der Waals surface area contributed by atoms with E-state index >= 15 is 0 Å². The minimum absolute atomic E-state index is 0.315. The average molecular weight is 141 g/mol. The molecular weight excluding hydrogens is 136 g/mol. The molecule has 1 aromatic rings. The zero-order valence-electron chi connectivity index (χ0n) is 4.88. The molecular formula is C6H5O2S. The first-order valence-corrected chi connectivity index (χ1v) is 3.26.